The topological polar surface area (TPSA) is 15.3 Å². The molecule has 0 amide bonds. The number of nitrogens with zero attached hydrogens (tertiary/aromatic N) is 1. The Balaban J connectivity index is 2.63. The molecule has 0 spiro atoms. The molecule has 0 saturated heterocycles. The Morgan fingerprint density at radius 2 is 1.84 bits per heavy atom. The van der Waals surface area contributed by atoms with Crippen molar-refractivity contribution in [2.45, 2.75) is 78.3 Å². The van der Waals surface area contributed by atoms with Gasteiger partial charge in [0.25, 0.3) is 0 Å². The minimum Gasteiger partial charge on any atom is -0.314 e. The van der Waals surface area contributed by atoms with Gasteiger partial charge in [0.2, 0.25) is 0 Å². The lowest BCUT2D eigenvalue weighted by atomic mass is 9.76. The van der Waals surface area contributed by atoms with Gasteiger partial charge in [0.15, 0.2) is 0 Å². The standard InChI is InChI=1S/C17H36N2/c1-7-14-10-11-16(18-9-3)15(12-14)13-19(6)17(4,5)8-2/h14-16,18H,7-13H2,1-6H3. The van der Waals surface area contributed by atoms with Crippen LogP contribution in [0.25, 0.3) is 0 Å². The molecule has 1 N–H and O–H groups in total. The van der Waals surface area contributed by atoms with Crippen LogP contribution in [0.2, 0.25) is 0 Å². The van der Waals surface area contributed by atoms with Gasteiger partial charge in [0.05, 0.1) is 0 Å². The van der Waals surface area contributed by atoms with Crippen molar-refractivity contribution in [3.05, 3.63) is 0 Å². The summed E-state index contributed by atoms with van der Waals surface area (Å²) >= 11 is 0. The van der Waals surface area contributed by atoms with Crippen molar-refractivity contribution in [2.24, 2.45) is 11.8 Å². The summed E-state index contributed by atoms with van der Waals surface area (Å²) in [5.41, 5.74) is 0.329. The van der Waals surface area contributed by atoms with Crippen LogP contribution in [-0.2, 0) is 0 Å². The van der Waals surface area contributed by atoms with Crippen molar-refractivity contribution in [3.63, 3.8) is 0 Å². The van der Waals surface area contributed by atoms with Crippen molar-refractivity contribution >= 4 is 0 Å². The smallest absolute Gasteiger partial charge is 0.0147 e. The van der Waals surface area contributed by atoms with E-state index in [4.69, 9.17) is 0 Å². The van der Waals surface area contributed by atoms with Crippen molar-refractivity contribution in [2.75, 3.05) is 20.1 Å². The van der Waals surface area contributed by atoms with Crippen molar-refractivity contribution in [3.8, 4) is 0 Å². The number of nitrogens with one attached hydrogen (secondary N) is 1. The van der Waals surface area contributed by atoms with Crippen LogP contribution < -0.4 is 5.32 Å². The quantitative estimate of drug-likeness (QED) is 0.753. The molecule has 3 atom stereocenters. The van der Waals surface area contributed by atoms with Crippen LogP contribution in [0.4, 0.5) is 0 Å². The Kier molecular flexibility index (Phi) is 6.82. The lowest BCUT2D eigenvalue weighted by Gasteiger charge is -2.42. The van der Waals surface area contributed by atoms with E-state index in [-0.39, 0.29) is 0 Å². The van der Waals surface area contributed by atoms with Crippen LogP contribution in [0.5, 0.6) is 0 Å². The Morgan fingerprint density at radius 3 is 2.37 bits per heavy atom. The Hall–Kier alpha value is -0.0800. The summed E-state index contributed by atoms with van der Waals surface area (Å²) in [5, 5.41) is 3.73. The first-order chi connectivity index (χ1) is 8.94. The summed E-state index contributed by atoms with van der Waals surface area (Å²) in [6, 6.07) is 0.739. The molecule has 1 aliphatic rings. The first-order valence-electron chi connectivity index (χ1n) is 8.39. The van der Waals surface area contributed by atoms with Gasteiger partial charge in [-0.05, 0) is 65.0 Å². The summed E-state index contributed by atoms with van der Waals surface area (Å²) in [4.78, 5) is 2.58. The van der Waals surface area contributed by atoms with Gasteiger partial charge in [-0.15, -0.1) is 0 Å². The van der Waals surface area contributed by atoms with Gasteiger partial charge >= 0.3 is 0 Å². The highest BCUT2D eigenvalue weighted by Crippen LogP contribution is 2.33. The van der Waals surface area contributed by atoms with E-state index in [2.05, 4.69) is 51.9 Å². The third-order valence-corrected chi connectivity index (χ3v) is 5.54. The molecular formula is C17H36N2. The molecule has 0 aromatic carbocycles. The van der Waals surface area contributed by atoms with Crippen LogP contribution in [0.15, 0.2) is 0 Å². The fourth-order valence-corrected chi connectivity index (χ4v) is 3.33. The van der Waals surface area contributed by atoms with Crippen LogP contribution in [0.3, 0.4) is 0 Å². The SMILES string of the molecule is CCNC1CCC(CC)CC1CN(C)C(C)(C)CC. The Bertz CT molecular complexity index is 250. The highest BCUT2D eigenvalue weighted by Gasteiger charge is 2.32. The predicted octanol–water partition coefficient (Wildman–Crippen LogP) is 3.91. The van der Waals surface area contributed by atoms with Gasteiger partial charge < -0.3 is 10.2 Å². The maximum Gasteiger partial charge on any atom is 0.0147 e. The average molecular weight is 268 g/mol. The average Bonchev–Trinajstić information content (AvgIpc) is 2.40. The van der Waals surface area contributed by atoms with Gasteiger partial charge in [-0.3, -0.25) is 0 Å². The van der Waals surface area contributed by atoms with Gasteiger partial charge in [-0.1, -0.05) is 27.2 Å². The van der Waals surface area contributed by atoms with E-state index in [1.165, 1.54) is 38.6 Å². The minimum absolute atomic E-state index is 0.329. The second-order valence-electron chi connectivity index (χ2n) is 7.06. The molecule has 1 fully saturated rings. The fourth-order valence-electron chi connectivity index (χ4n) is 3.33. The minimum atomic E-state index is 0.329. The Labute approximate surface area is 121 Å². The van der Waals surface area contributed by atoms with Crippen molar-refractivity contribution in [1.29, 1.82) is 0 Å². The first kappa shape index (κ1) is 17.0. The van der Waals surface area contributed by atoms with Gasteiger partial charge in [-0.25, -0.2) is 0 Å². The summed E-state index contributed by atoms with van der Waals surface area (Å²) < 4.78 is 0. The normalized spacial score (nSPS) is 28.9. The zero-order chi connectivity index (χ0) is 14.5. The molecule has 0 aromatic rings. The van der Waals surface area contributed by atoms with Crippen LogP contribution >= 0.6 is 0 Å². The summed E-state index contributed by atoms with van der Waals surface area (Å²) in [5.74, 6) is 1.78. The Morgan fingerprint density at radius 1 is 1.16 bits per heavy atom. The third kappa shape index (κ3) is 4.75. The largest absolute Gasteiger partial charge is 0.314 e. The molecule has 1 aliphatic carbocycles. The zero-order valence-electron chi connectivity index (χ0n) is 14.1. The van der Waals surface area contributed by atoms with E-state index in [0.29, 0.717) is 5.54 Å². The maximum absolute atomic E-state index is 3.73. The molecule has 0 bridgehead atoms. The fraction of sp³-hybridized carbons (Fsp3) is 1.00. The van der Waals surface area contributed by atoms with Crippen LogP contribution in [0, 0.1) is 11.8 Å². The number of hydrogen-bond acceptors (Lipinski definition) is 2. The monoisotopic (exact) mass is 268 g/mol. The number of hydrogen-bond donors (Lipinski definition) is 1. The second kappa shape index (κ2) is 7.64. The van der Waals surface area contributed by atoms with Gasteiger partial charge in [-0.2, -0.15) is 0 Å². The molecule has 3 unspecified atom stereocenters. The van der Waals surface area contributed by atoms with E-state index in [9.17, 15) is 0 Å². The molecule has 0 radical (unpaired) electrons. The molecule has 0 heterocycles. The lowest BCUT2D eigenvalue weighted by molar-refractivity contribution is 0.0875. The lowest BCUT2D eigenvalue weighted by Crippen LogP contribution is -2.49. The molecular weight excluding hydrogens is 232 g/mol. The highest BCUT2D eigenvalue weighted by molar-refractivity contribution is 4.88. The molecule has 0 aromatic heterocycles. The van der Waals surface area contributed by atoms with E-state index in [1.807, 2.05) is 0 Å². The first-order valence-corrected chi connectivity index (χ1v) is 8.39. The summed E-state index contributed by atoms with van der Waals surface area (Å²) in [6.45, 7) is 14.0. The van der Waals surface area contributed by atoms with Crippen LogP contribution in [0.1, 0.15) is 66.7 Å². The molecule has 1 saturated carbocycles. The zero-order valence-corrected chi connectivity index (χ0v) is 14.1. The molecule has 2 heteroatoms. The van der Waals surface area contributed by atoms with E-state index < -0.39 is 0 Å². The van der Waals surface area contributed by atoms with E-state index in [0.717, 1.165) is 24.4 Å². The molecule has 2 nitrogen and oxygen atoms in total. The molecule has 0 aliphatic heterocycles. The highest BCUT2D eigenvalue weighted by atomic mass is 15.2. The number of rotatable bonds is 7. The molecule has 114 valence electrons. The predicted molar refractivity (Wildman–Crippen MR) is 85.6 cm³/mol. The van der Waals surface area contributed by atoms with Crippen molar-refractivity contribution in [1.82, 2.24) is 10.2 Å². The summed E-state index contributed by atoms with van der Waals surface area (Å²) in [6.07, 6.45) is 6.79. The third-order valence-electron chi connectivity index (χ3n) is 5.54. The van der Waals surface area contributed by atoms with E-state index >= 15 is 0 Å². The maximum atomic E-state index is 3.73. The van der Waals surface area contributed by atoms with Crippen molar-refractivity contribution < 1.29 is 0 Å². The second-order valence-corrected chi connectivity index (χ2v) is 7.06. The van der Waals surface area contributed by atoms with Gasteiger partial charge in [0.1, 0.15) is 0 Å². The van der Waals surface area contributed by atoms with Crippen LogP contribution in [-0.4, -0.2) is 36.6 Å². The molecule has 1 rings (SSSR count). The van der Waals surface area contributed by atoms with E-state index in [1.54, 1.807) is 0 Å². The summed E-state index contributed by atoms with van der Waals surface area (Å²) in [7, 11) is 2.31. The molecule has 19 heavy (non-hydrogen) atoms. The van der Waals surface area contributed by atoms with Gasteiger partial charge in [0, 0.05) is 18.1 Å².